The molecule has 0 fully saturated rings. The molecule has 0 aliphatic carbocycles. The maximum Gasteiger partial charge on any atom is 0.101 e. The largest absolute Gasteiger partial charge is 0.358 e. The van der Waals surface area contributed by atoms with Gasteiger partial charge in [-0.3, -0.25) is 0 Å². The van der Waals surface area contributed by atoms with Crippen molar-refractivity contribution in [2.24, 2.45) is 0 Å². The van der Waals surface area contributed by atoms with Gasteiger partial charge in [-0.1, -0.05) is 88.7 Å². The maximum atomic E-state index is 2.64. The molecular formula is C23H39IN2S2. The minimum Gasteiger partial charge on any atom is -0.358 e. The van der Waals surface area contributed by atoms with E-state index >= 15 is 0 Å². The number of rotatable bonds is 13. The smallest absolute Gasteiger partial charge is 0.101 e. The Labute approximate surface area is 196 Å². The molecule has 1 atom stereocenters. The molecule has 2 heterocycles. The van der Waals surface area contributed by atoms with Crippen molar-refractivity contribution in [1.82, 2.24) is 9.80 Å². The highest BCUT2D eigenvalue weighted by Gasteiger charge is 2.29. The summed E-state index contributed by atoms with van der Waals surface area (Å²) in [5, 5.41) is 4.24. The number of thioether (sulfide) groups is 2. The molecule has 0 aromatic heterocycles. The molecule has 0 N–H and O–H groups in total. The van der Waals surface area contributed by atoms with E-state index in [4.69, 9.17) is 0 Å². The fourth-order valence-electron chi connectivity index (χ4n) is 3.72. The van der Waals surface area contributed by atoms with Crippen molar-refractivity contribution in [2.45, 2.75) is 97.3 Å². The van der Waals surface area contributed by atoms with Gasteiger partial charge in [0.2, 0.25) is 0 Å². The highest BCUT2D eigenvalue weighted by Crippen LogP contribution is 2.45. The third-order valence-electron chi connectivity index (χ3n) is 5.56. The number of hydrogen-bond donors (Lipinski definition) is 0. The van der Waals surface area contributed by atoms with E-state index in [0.29, 0.717) is 5.37 Å². The van der Waals surface area contributed by atoms with Crippen LogP contribution in [0.4, 0.5) is 0 Å². The van der Waals surface area contributed by atoms with E-state index in [9.17, 15) is 0 Å². The molecule has 0 spiro atoms. The zero-order valence-corrected chi connectivity index (χ0v) is 22.1. The molecule has 0 amide bonds. The molecule has 0 saturated carbocycles. The van der Waals surface area contributed by atoms with Gasteiger partial charge in [-0.15, -0.1) is 0 Å². The number of unbranched alkanes of at least 4 members (excludes halogenated alkanes) is 8. The van der Waals surface area contributed by atoms with Crippen LogP contribution in [0.25, 0.3) is 0 Å². The molecule has 160 valence electrons. The van der Waals surface area contributed by atoms with Crippen LogP contribution in [0.1, 0.15) is 91.9 Å². The molecule has 0 aromatic rings. The second kappa shape index (κ2) is 13.5. The maximum absolute atomic E-state index is 2.64. The summed E-state index contributed by atoms with van der Waals surface area (Å²) in [6.45, 7) is 11.5. The zero-order chi connectivity index (χ0) is 20.4. The molecule has 2 aliphatic heterocycles. The molecule has 0 bridgehead atoms. The van der Waals surface area contributed by atoms with Crippen LogP contribution in [-0.2, 0) is 0 Å². The summed E-state index contributed by atoms with van der Waals surface area (Å²) in [6, 6.07) is 0. The summed E-state index contributed by atoms with van der Waals surface area (Å²) in [6.07, 6.45) is 16.0. The van der Waals surface area contributed by atoms with Gasteiger partial charge in [-0.2, -0.15) is 0 Å². The van der Waals surface area contributed by atoms with Gasteiger partial charge >= 0.3 is 0 Å². The summed E-state index contributed by atoms with van der Waals surface area (Å²) in [7, 11) is 0. The Morgan fingerprint density at radius 3 is 2.18 bits per heavy atom. The fraction of sp³-hybridized carbons (Fsp3) is 0.739. The van der Waals surface area contributed by atoms with Gasteiger partial charge in [0.25, 0.3) is 0 Å². The molecule has 0 aromatic carbocycles. The lowest BCUT2D eigenvalue weighted by Gasteiger charge is -2.28. The lowest BCUT2D eigenvalue weighted by Crippen LogP contribution is -2.28. The Kier molecular flexibility index (Phi) is 11.8. The minimum atomic E-state index is 0.461. The van der Waals surface area contributed by atoms with Gasteiger partial charge in [-0.25, -0.2) is 0 Å². The summed E-state index contributed by atoms with van der Waals surface area (Å²) in [5.41, 5.74) is 2.89. The Morgan fingerprint density at radius 2 is 1.54 bits per heavy atom. The van der Waals surface area contributed by atoms with Crippen LogP contribution >= 0.6 is 46.1 Å². The molecule has 1 unspecified atom stereocenters. The molecule has 5 heteroatoms. The second-order valence-corrected chi connectivity index (χ2v) is 11.8. The van der Waals surface area contributed by atoms with E-state index < -0.39 is 0 Å². The third kappa shape index (κ3) is 7.50. The predicted molar refractivity (Wildman–Crippen MR) is 138 cm³/mol. The van der Waals surface area contributed by atoms with E-state index in [1.54, 1.807) is 0 Å². The number of nitrogens with zero attached hydrogens (tertiary/aromatic N) is 2. The average Bonchev–Trinajstić information content (AvgIpc) is 3.15. The van der Waals surface area contributed by atoms with Crippen molar-refractivity contribution < 1.29 is 0 Å². The standard InChI is InChI=1S/C23H39IN2S2/c1-5-7-9-11-13-15-25-19(3)18-27-21(25)17-22-26(20(4)23(24)28-22)16-14-12-10-8-6-2/h17-18,22H,5-16H2,1-4H3. The molecule has 28 heavy (non-hydrogen) atoms. The van der Waals surface area contributed by atoms with Gasteiger partial charge in [0.15, 0.2) is 0 Å². The van der Waals surface area contributed by atoms with E-state index in [2.05, 4.69) is 71.6 Å². The first-order valence-electron chi connectivity index (χ1n) is 11.2. The highest BCUT2D eigenvalue weighted by molar-refractivity contribution is 14.1. The molecule has 2 rings (SSSR count). The zero-order valence-electron chi connectivity index (χ0n) is 18.3. The second-order valence-electron chi connectivity index (χ2n) is 7.92. The van der Waals surface area contributed by atoms with Crippen LogP contribution in [0.2, 0.25) is 0 Å². The topological polar surface area (TPSA) is 6.48 Å². The summed E-state index contributed by atoms with van der Waals surface area (Å²) >= 11 is 6.48. The first-order chi connectivity index (χ1) is 13.6. The Morgan fingerprint density at radius 1 is 0.929 bits per heavy atom. The van der Waals surface area contributed by atoms with Crippen molar-refractivity contribution >= 4 is 46.1 Å². The molecule has 2 nitrogen and oxygen atoms in total. The first kappa shape index (κ1) is 24.5. The van der Waals surface area contributed by atoms with Gasteiger partial charge < -0.3 is 9.80 Å². The van der Waals surface area contributed by atoms with Gasteiger partial charge in [0.1, 0.15) is 5.37 Å². The Balaban J connectivity index is 1.92. The Bertz CT molecular complexity index is 571. The summed E-state index contributed by atoms with van der Waals surface area (Å²) in [4.78, 5) is 5.19. The fourth-order valence-corrected chi connectivity index (χ4v) is 6.97. The van der Waals surface area contributed by atoms with Crippen molar-refractivity contribution in [3.05, 3.63) is 30.8 Å². The molecule has 0 saturated heterocycles. The lowest BCUT2D eigenvalue weighted by atomic mass is 10.1. The van der Waals surface area contributed by atoms with Crippen LogP contribution in [0, 0.1) is 0 Å². The van der Waals surface area contributed by atoms with E-state index in [1.165, 1.54) is 96.6 Å². The van der Waals surface area contributed by atoms with Crippen LogP contribution in [0.5, 0.6) is 0 Å². The molecular weight excluding hydrogens is 495 g/mol. The number of hydrogen-bond acceptors (Lipinski definition) is 4. The number of allylic oxidation sites excluding steroid dienone is 2. The van der Waals surface area contributed by atoms with E-state index in [-0.39, 0.29) is 0 Å². The monoisotopic (exact) mass is 534 g/mol. The first-order valence-corrected chi connectivity index (χ1v) is 14.0. The van der Waals surface area contributed by atoms with Crippen LogP contribution in [0.3, 0.4) is 0 Å². The SMILES string of the molecule is CCCCCCCN1C(C)=CSC1=CC1SC(I)=C(C)N1CCCCCCC. The lowest BCUT2D eigenvalue weighted by molar-refractivity contribution is 0.348. The minimum absolute atomic E-state index is 0.461. The van der Waals surface area contributed by atoms with Crippen molar-refractivity contribution in [3.8, 4) is 0 Å². The quantitative estimate of drug-likeness (QED) is 0.172. The van der Waals surface area contributed by atoms with Crippen molar-refractivity contribution in [1.29, 1.82) is 0 Å². The highest BCUT2D eigenvalue weighted by atomic mass is 127. The van der Waals surface area contributed by atoms with E-state index in [1.807, 2.05) is 23.5 Å². The van der Waals surface area contributed by atoms with Crippen LogP contribution in [-0.4, -0.2) is 28.3 Å². The van der Waals surface area contributed by atoms with E-state index in [0.717, 1.165) is 0 Å². The Hall–Kier alpha value is 0.250. The van der Waals surface area contributed by atoms with Crippen molar-refractivity contribution in [2.75, 3.05) is 13.1 Å². The third-order valence-corrected chi connectivity index (χ3v) is 9.30. The predicted octanol–water partition coefficient (Wildman–Crippen LogP) is 8.68. The average molecular weight is 535 g/mol. The van der Waals surface area contributed by atoms with Crippen molar-refractivity contribution in [3.63, 3.8) is 0 Å². The van der Waals surface area contributed by atoms with Crippen LogP contribution < -0.4 is 0 Å². The van der Waals surface area contributed by atoms with Gasteiger partial charge in [-0.05, 0) is 60.8 Å². The summed E-state index contributed by atoms with van der Waals surface area (Å²) in [5.74, 6) is 0. The van der Waals surface area contributed by atoms with Crippen LogP contribution in [0.15, 0.2) is 30.8 Å². The number of halogens is 1. The molecule has 0 radical (unpaired) electrons. The van der Waals surface area contributed by atoms with Gasteiger partial charge in [0, 0.05) is 24.5 Å². The normalized spacial score (nSPS) is 21.4. The molecule has 2 aliphatic rings. The van der Waals surface area contributed by atoms with Gasteiger partial charge in [0.05, 0.1) is 7.94 Å². The summed E-state index contributed by atoms with van der Waals surface area (Å²) < 4.78 is 1.46.